The lowest BCUT2D eigenvalue weighted by Crippen LogP contribution is -2.28. The summed E-state index contributed by atoms with van der Waals surface area (Å²) in [6, 6.07) is 13.0. The minimum absolute atomic E-state index is 0.0877. The minimum Gasteiger partial charge on any atom is -0.490 e. The molecule has 0 aliphatic carbocycles. The topological polar surface area (TPSA) is 38.3 Å². The second kappa shape index (κ2) is 7.14. The van der Waals surface area contributed by atoms with Crippen molar-refractivity contribution >= 4 is 17.5 Å². The van der Waals surface area contributed by atoms with E-state index >= 15 is 0 Å². The SMILES string of the molecule is Cc1ccc(C(=O)NCCOc2ccccc2Cl)c(C)c1. The van der Waals surface area contributed by atoms with Crippen molar-refractivity contribution in [2.45, 2.75) is 13.8 Å². The van der Waals surface area contributed by atoms with Crippen LogP contribution in [-0.4, -0.2) is 19.1 Å². The van der Waals surface area contributed by atoms with Crippen LogP contribution in [0.15, 0.2) is 42.5 Å². The second-order valence-electron chi connectivity index (χ2n) is 4.85. The summed E-state index contributed by atoms with van der Waals surface area (Å²) in [6.07, 6.45) is 0. The maximum Gasteiger partial charge on any atom is 0.251 e. The molecule has 0 heterocycles. The van der Waals surface area contributed by atoms with Crippen LogP contribution in [0.2, 0.25) is 5.02 Å². The molecule has 0 saturated carbocycles. The van der Waals surface area contributed by atoms with Crippen LogP contribution in [-0.2, 0) is 0 Å². The number of nitrogens with one attached hydrogen (secondary N) is 1. The molecule has 0 radical (unpaired) electrons. The van der Waals surface area contributed by atoms with Crippen molar-refractivity contribution in [1.82, 2.24) is 5.32 Å². The minimum atomic E-state index is -0.0877. The highest BCUT2D eigenvalue weighted by atomic mass is 35.5. The summed E-state index contributed by atoms with van der Waals surface area (Å²) in [5.74, 6) is 0.537. The molecule has 1 amide bonds. The van der Waals surface area contributed by atoms with Gasteiger partial charge in [0.1, 0.15) is 12.4 Å². The Morgan fingerprint density at radius 2 is 1.95 bits per heavy atom. The molecule has 0 aliphatic rings. The van der Waals surface area contributed by atoms with E-state index in [-0.39, 0.29) is 5.91 Å². The van der Waals surface area contributed by atoms with E-state index in [9.17, 15) is 4.79 Å². The Kier molecular flexibility index (Phi) is 5.23. The highest BCUT2D eigenvalue weighted by Crippen LogP contribution is 2.22. The number of hydrogen-bond donors (Lipinski definition) is 1. The molecule has 2 rings (SSSR count). The van der Waals surface area contributed by atoms with Crippen LogP contribution >= 0.6 is 11.6 Å². The van der Waals surface area contributed by atoms with E-state index in [2.05, 4.69) is 5.32 Å². The first-order valence-corrected chi connectivity index (χ1v) is 7.18. The Morgan fingerprint density at radius 1 is 1.19 bits per heavy atom. The van der Waals surface area contributed by atoms with Crippen molar-refractivity contribution in [3.63, 3.8) is 0 Å². The van der Waals surface area contributed by atoms with E-state index in [1.165, 1.54) is 0 Å². The number of benzene rings is 2. The third kappa shape index (κ3) is 4.23. The van der Waals surface area contributed by atoms with Crippen LogP contribution in [0.25, 0.3) is 0 Å². The predicted octanol–water partition coefficient (Wildman–Crippen LogP) is 3.77. The number of carbonyl (C=O) groups is 1. The first-order valence-electron chi connectivity index (χ1n) is 6.80. The van der Waals surface area contributed by atoms with Gasteiger partial charge in [-0.15, -0.1) is 0 Å². The number of hydrogen-bond acceptors (Lipinski definition) is 2. The van der Waals surface area contributed by atoms with Crippen molar-refractivity contribution in [1.29, 1.82) is 0 Å². The van der Waals surface area contributed by atoms with Gasteiger partial charge in [-0.1, -0.05) is 41.4 Å². The van der Waals surface area contributed by atoms with Gasteiger partial charge in [-0.2, -0.15) is 0 Å². The average Bonchev–Trinajstić information content (AvgIpc) is 2.45. The summed E-state index contributed by atoms with van der Waals surface area (Å²) >= 11 is 5.98. The summed E-state index contributed by atoms with van der Waals surface area (Å²) in [5, 5.41) is 3.41. The van der Waals surface area contributed by atoms with Crippen LogP contribution in [0.4, 0.5) is 0 Å². The molecule has 1 N–H and O–H groups in total. The Balaban J connectivity index is 1.83. The molecule has 110 valence electrons. The first-order chi connectivity index (χ1) is 10.1. The van der Waals surface area contributed by atoms with Crippen molar-refractivity contribution < 1.29 is 9.53 Å². The molecule has 0 saturated heterocycles. The molecular weight excluding hydrogens is 286 g/mol. The first kappa shape index (κ1) is 15.4. The fourth-order valence-corrected chi connectivity index (χ4v) is 2.24. The van der Waals surface area contributed by atoms with Gasteiger partial charge in [0.2, 0.25) is 0 Å². The molecule has 0 aliphatic heterocycles. The number of ether oxygens (including phenoxy) is 1. The van der Waals surface area contributed by atoms with Gasteiger partial charge in [0.05, 0.1) is 11.6 Å². The fourth-order valence-electron chi connectivity index (χ4n) is 2.05. The zero-order valence-electron chi connectivity index (χ0n) is 12.2. The summed E-state index contributed by atoms with van der Waals surface area (Å²) in [4.78, 5) is 12.1. The molecule has 21 heavy (non-hydrogen) atoms. The maximum absolute atomic E-state index is 12.1. The van der Waals surface area contributed by atoms with E-state index in [4.69, 9.17) is 16.3 Å². The van der Waals surface area contributed by atoms with Crippen LogP contribution in [0.3, 0.4) is 0 Å². The zero-order valence-corrected chi connectivity index (χ0v) is 12.9. The van der Waals surface area contributed by atoms with E-state index in [1.807, 2.05) is 44.2 Å². The van der Waals surface area contributed by atoms with Gasteiger partial charge in [-0.05, 0) is 37.6 Å². The Morgan fingerprint density at radius 3 is 2.67 bits per heavy atom. The second-order valence-corrected chi connectivity index (χ2v) is 5.26. The van der Waals surface area contributed by atoms with Gasteiger partial charge in [-0.25, -0.2) is 0 Å². The lowest BCUT2D eigenvalue weighted by molar-refractivity contribution is 0.0946. The Labute approximate surface area is 129 Å². The van der Waals surface area contributed by atoms with E-state index in [0.717, 1.165) is 11.1 Å². The lowest BCUT2D eigenvalue weighted by atomic mass is 10.1. The molecule has 2 aromatic carbocycles. The summed E-state index contributed by atoms with van der Waals surface area (Å²) in [6.45, 7) is 4.74. The summed E-state index contributed by atoms with van der Waals surface area (Å²) in [5.41, 5.74) is 2.81. The maximum atomic E-state index is 12.1. The Hall–Kier alpha value is -2.00. The molecule has 0 unspecified atom stereocenters. The molecule has 3 nitrogen and oxygen atoms in total. The van der Waals surface area contributed by atoms with E-state index in [0.29, 0.717) is 29.5 Å². The van der Waals surface area contributed by atoms with Gasteiger partial charge < -0.3 is 10.1 Å². The lowest BCUT2D eigenvalue weighted by Gasteiger charge is -2.10. The molecule has 0 aromatic heterocycles. The fraction of sp³-hybridized carbons (Fsp3) is 0.235. The smallest absolute Gasteiger partial charge is 0.251 e. The molecular formula is C17H18ClNO2. The predicted molar refractivity (Wildman–Crippen MR) is 85.2 cm³/mol. The van der Waals surface area contributed by atoms with E-state index < -0.39 is 0 Å². The van der Waals surface area contributed by atoms with Gasteiger partial charge >= 0.3 is 0 Å². The summed E-state index contributed by atoms with van der Waals surface area (Å²) in [7, 11) is 0. The van der Waals surface area contributed by atoms with Crippen LogP contribution in [0.1, 0.15) is 21.5 Å². The van der Waals surface area contributed by atoms with Gasteiger partial charge in [0, 0.05) is 5.56 Å². The van der Waals surface area contributed by atoms with Gasteiger partial charge in [0.25, 0.3) is 5.91 Å². The number of halogens is 1. The van der Waals surface area contributed by atoms with Crippen molar-refractivity contribution in [2.24, 2.45) is 0 Å². The molecule has 0 atom stereocenters. The van der Waals surface area contributed by atoms with Crippen molar-refractivity contribution in [2.75, 3.05) is 13.2 Å². The highest BCUT2D eigenvalue weighted by Gasteiger charge is 2.08. The zero-order chi connectivity index (χ0) is 15.2. The number of para-hydroxylation sites is 1. The molecule has 0 bridgehead atoms. The van der Waals surface area contributed by atoms with Crippen molar-refractivity contribution in [3.05, 3.63) is 64.2 Å². The quantitative estimate of drug-likeness (QED) is 0.854. The molecule has 0 fully saturated rings. The van der Waals surface area contributed by atoms with Crippen molar-refractivity contribution in [3.8, 4) is 5.75 Å². The molecule has 2 aromatic rings. The van der Waals surface area contributed by atoms with Gasteiger partial charge in [0.15, 0.2) is 0 Å². The standard InChI is InChI=1S/C17H18ClNO2/c1-12-7-8-14(13(2)11-12)17(20)19-9-10-21-16-6-4-3-5-15(16)18/h3-8,11H,9-10H2,1-2H3,(H,19,20). The number of amides is 1. The third-order valence-corrected chi connectivity index (χ3v) is 3.42. The molecule has 4 heteroatoms. The average molecular weight is 304 g/mol. The van der Waals surface area contributed by atoms with Crippen LogP contribution in [0, 0.1) is 13.8 Å². The largest absolute Gasteiger partial charge is 0.490 e. The number of rotatable bonds is 5. The van der Waals surface area contributed by atoms with Gasteiger partial charge in [-0.3, -0.25) is 4.79 Å². The van der Waals surface area contributed by atoms with Crippen LogP contribution in [0.5, 0.6) is 5.75 Å². The summed E-state index contributed by atoms with van der Waals surface area (Å²) < 4.78 is 5.53. The van der Waals surface area contributed by atoms with Crippen LogP contribution < -0.4 is 10.1 Å². The number of aryl methyl sites for hydroxylation is 2. The third-order valence-electron chi connectivity index (χ3n) is 3.11. The highest BCUT2D eigenvalue weighted by molar-refractivity contribution is 6.32. The normalized spacial score (nSPS) is 10.2. The molecule has 0 spiro atoms. The number of carbonyl (C=O) groups excluding carboxylic acids is 1. The van der Waals surface area contributed by atoms with E-state index in [1.54, 1.807) is 12.1 Å². The Bertz CT molecular complexity index is 640. The monoisotopic (exact) mass is 303 g/mol.